The minimum absolute atomic E-state index is 0. The van der Waals surface area contributed by atoms with Crippen molar-refractivity contribution in [2.75, 3.05) is 38.7 Å². The van der Waals surface area contributed by atoms with Crippen LogP contribution in [0.3, 0.4) is 0 Å². The number of aliphatic imine (C=N–C) groups is 1. The summed E-state index contributed by atoms with van der Waals surface area (Å²) in [5, 5.41) is 3.43. The van der Waals surface area contributed by atoms with E-state index in [1.165, 1.54) is 5.56 Å². The smallest absolute Gasteiger partial charge is 0.193 e. The number of guanidine groups is 1. The van der Waals surface area contributed by atoms with Crippen molar-refractivity contribution in [1.82, 2.24) is 15.2 Å². The lowest BCUT2D eigenvalue weighted by Crippen LogP contribution is -2.45. The standard InChI is InChI=1S/C24H35N5O2.HI/c1-6-30-22-10-7-20(8-11-22)17-28(5)24(25-4)27-14-21-9-12-23(26-13-21)29-15-18(2)31-19(3)16-29;/h7-13,18-19H,6,14-17H2,1-5H3,(H,25,27);1H. The van der Waals surface area contributed by atoms with Gasteiger partial charge in [-0.3, -0.25) is 4.99 Å². The number of nitrogens with one attached hydrogen (secondary N) is 1. The lowest BCUT2D eigenvalue weighted by atomic mass is 10.2. The Hall–Kier alpha value is -2.07. The van der Waals surface area contributed by atoms with E-state index < -0.39 is 0 Å². The number of morpholine rings is 1. The lowest BCUT2D eigenvalue weighted by Gasteiger charge is -2.36. The molecule has 32 heavy (non-hydrogen) atoms. The molecule has 0 aliphatic carbocycles. The summed E-state index contributed by atoms with van der Waals surface area (Å²) in [7, 11) is 3.84. The number of benzene rings is 1. The summed E-state index contributed by atoms with van der Waals surface area (Å²) in [6.45, 7) is 10.1. The minimum Gasteiger partial charge on any atom is -0.494 e. The number of rotatable bonds is 7. The van der Waals surface area contributed by atoms with Gasteiger partial charge >= 0.3 is 0 Å². The third-order valence-corrected chi connectivity index (χ3v) is 5.23. The van der Waals surface area contributed by atoms with Crippen LogP contribution in [0.1, 0.15) is 31.9 Å². The Kier molecular flexibility index (Phi) is 10.5. The number of aromatic nitrogens is 1. The SMILES string of the molecule is CCOc1ccc(CN(C)C(=NC)NCc2ccc(N3CC(C)OC(C)C3)nc2)cc1.I. The van der Waals surface area contributed by atoms with Gasteiger partial charge in [0, 0.05) is 46.5 Å². The van der Waals surface area contributed by atoms with E-state index in [-0.39, 0.29) is 36.2 Å². The zero-order valence-corrected chi connectivity index (χ0v) is 22.1. The summed E-state index contributed by atoms with van der Waals surface area (Å²) < 4.78 is 11.3. The molecule has 2 aromatic rings. The number of hydrogen-bond donors (Lipinski definition) is 1. The van der Waals surface area contributed by atoms with Crippen molar-refractivity contribution in [1.29, 1.82) is 0 Å². The first-order chi connectivity index (χ1) is 15.0. The van der Waals surface area contributed by atoms with E-state index in [1.807, 2.05) is 32.3 Å². The first kappa shape index (κ1) is 26.2. The third kappa shape index (κ3) is 7.51. The van der Waals surface area contributed by atoms with Gasteiger partial charge in [-0.05, 0) is 50.1 Å². The molecular formula is C24H36IN5O2. The Bertz CT molecular complexity index is 834. The van der Waals surface area contributed by atoms with Crippen LogP contribution in [0.2, 0.25) is 0 Å². The zero-order chi connectivity index (χ0) is 22.2. The van der Waals surface area contributed by atoms with Crippen LogP contribution in [0.5, 0.6) is 5.75 Å². The molecule has 0 spiro atoms. The van der Waals surface area contributed by atoms with Crippen LogP contribution in [-0.2, 0) is 17.8 Å². The molecule has 1 aromatic heterocycles. The van der Waals surface area contributed by atoms with E-state index in [9.17, 15) is 0 Å². The molecule has 0 amide bonds. The fourth-order valence-electron chi connectivity index (χ4n) is 3.85. The summed E-state index contributed by atoms with van der Waals surface area (Å²) in [6.07, 6.45) is 2.38. The topological polar surface area (TPSA) is 62.2 Å². The molecule has 2 heterocycles. The predicted molar refractivity (Wildman–Crippen MR) is 141 cm³/mol. The van der Waals surface area contributed by atoms with Crippen molar-refractivity contribution in [2.45, 2.75) is 46.1 Å². The van der Waals surface area contributed by atoms with Gasteiger partial charge in [0.1, 0.15) is 11.6 Å². The molecule has 7 nitrogen and oxygen atoms in total. The molecule has 0 bridgehead atoms. The van der Waals surface area contributed by atoms with Crippen molar-refractivity contribution in [2.24, 2.45) is 4.99 Å². The molecule has 176 valence electrons. The Morgan fingerprint density at radius 2 is 1.81 bits per heavy atom. The largest absolute Gasteiger partial charge is 0.494 e. The van der Waals surface area contributed by atoms with Crippen LogP contribution in [0.4, 0.5) is 5.82 Å². The predicted octanol–water partition coefficient (Wildman–Crippen LogP) is 3.92. The maximum absolute atomic E-state index is 5.82. The maximum Gasteiger partial charge on any atom is 0.193 e. The highest BCUT2D eigenvalue weighted by Gasteiger charge is 2.23. The number of halogens is 1. The maximum atomic E-state index is 5.82. The van der Waals surface area contributed by atoms with Gasteiger partial charge in [-0.2, -0.15) is 0 Å². The quantitative estimate of drug-likeness (QED) is 0.319. The van der Waals surface area contributed by atoms with E-state index in [0.717, 1.165) is 42.7 Å². The number of anilines is 1. The van der Waals surface area contributed by atoms with Gasteiger partial charge in [0.2, 0.25) is 0 Å². The van der Waals surface area contributed by atoms with Gasteiger partial charge in [0.15, 0.2) is 5.96 Å². The van der Waals surface area contributed by atoms with Crippen LogP contribution >= 0.6 is 24.0 Å². The second kappa shape index (κ2) is 12.8. The van der Waals surface area contributed by atoms with Crippen molar-refractivity contribution in [3.05, 3.63) is 53.7 Å². The number of hydrogen-bond acceptors (Lipinski definition) is 5. The van der Waals surface area contributed by atoms with Gasteiger partial charge in [-0.25, -0.2) is 4.98 Å². The van der Waals surface area contributed by atoms with E-state index >= 15 is 0 Å². The zero-order valence-electron chi connectivity index (χ0n) is 19.7. The van der Waals surface area contributed by atoms with Gasteiger partial charge in [-0.1, -0.05) is 18.2 Å². The highest BCUT2D eigenvalue weighted by atomic mass is 127. The van der Waals surface area contributed by atoms with Gasteiger partial charge in [-0.15, -0.1) is 24.0 Å². The molecule has 1 aliphatic heterocycles. The molecule has 3 rings (SSSR count). The van der Waals surface area contributed by atoms with E-state index in [1.54, 1.807) is 7.05 Å². The minimum atomic E-state index is 0. The van der Waals surface area contributed by atoms with Gasteiger partial charge in [0.25, 0.3) is 0 Å². The summed E-state index contributed by atoms with van der Waals surface area (Å²) in [4.78, 5) is 13.5. The molecular weight excluding hydrogens is 517 g/mol. The molecule has 2 unspecified atom stereocenters. The number of ether oxygens (including phenoxy) is 2. The van der Waals surface area contributed by atoms with Crippen LogP contribution in [0.15, 0.2) is 47.6 Å². The lowest BCUT2D eigenvalue weighted by molar-refractivity contribution is -0.00545. The second-order valence-electron chi connectivity index (χ2n) is 8.02. The summed E-state index contributed by atoms with van der Waals surface area (Å²) in [5.41, 5.74) is 2.32. The first-order valence-electron chi connectivity index (χ1n) is 11.0. The monoisotopic (exact) mass is 553 g/mol. The average Bonchev–Trinajstić information content (AvgIpc) is 2.75. The number of pyridine rings is 1. The average molecular weight is 553 g/mol. The molecule has 2 atom stereocenters. The Morgan fingerprint density at radius 3 is 2.38 bits per heavy atom. The second-order valence-corrected chi connectivity index (χ2v) is 8.02. The highest BCUT2D eigenvalue weighted by Crippen LogP contribution is 2.18. The van der Waals surface area contributed by atoms with Gasteiger partial charge < -0.3 is 24.6 Å². The van der Waals surface area contributed by atoms with E-state index in [2.05, 4.69) is 63.2 Å². The highest BCUT2D eigenvalue weighted by molar-refractivity contribution is 14.0. The summed E-state index contributed by atoms with van der Waals surface area (Å²) >= 11 is 0. The fraction of sp³-hybridized carbons (Fsp3) is 0.500. The molecule has 0 radical (unpaired) electrons. The summed E-state index contributed by atoms with van der Waals surface area (Å²) in [6, 6.07) is 12.4. The molecule has 0 saturated carbocycles. The molecule has 1 aromatic carbocycles. The first-order valence-corrected chi connectivity index (χ1v) is 11.0. The molecule has 1 N–H and O–H groups in total. The Labute approximate surface area is 209 Å². The van der Waals surface area contributed by atoms with Crippen LogP contribution < -0.4 is 15.0 Å². The molecule has 1 aliphatic rings. The van der Waals surface area contributed by atoms with Gasteiger partial charge in [0.05, 0.1) is 18.8 Å². The Morgan fingerprint density at radius 1 is 1.16 bits per heavy atom. The normalized spacial score (nSPS) is 18.7. The molecule has 1 fully saturated rings. The summed E-state index contributed by atoms with van der Waals surface area (Å²) in [5.74, 6) is 2.74. The van der Waals surface area contributed by atoms with Crippen LogP contribution in [-0.4, -0.2) is 61.8 Å². The van der Waals surface area contributed by atoms with Crippen LogP contribution in [0, 0.1) is 0 Å². The van der Waals surface area contributed by atoms with E-state index in [4.69, 9.17) is 9.47 Å². The van der Waals surface area contributed by atoms with E-state index in [0.29, 0.717) is 13.2 Å². The van der Waals surface area contributed by atoms with Crippen molar-refractivity contribution >= 4 is 35.8 Å². The third-order valence-electron chi connectivity index (χ3n) is 5.23. The molecule has 1 saturated heterocycles. The van der Waals surface area contributed by atoms with Crippen molar-refractivity contribution in [3.63, 3.8) is 0 Å². The van der Waals surface area contributed by atoms with Crippen molar-refractivity contribution in [3.8, 4) is 5.75 Å². The van der Waals surface area contributed by atoms with Crippen molar-refractivity contribution < 1.29 is 9.47 Å². The van der Waals surface area contributed by atoms with Crippen LogP contribution in [0.25, 0.3) is 0 Å². The fourth-order valence-corrected chi connectivity index (χ4v) is 3.85. The number of nitrogens with zero attached hydrogens (tertiary/aromatic N) is 4. The Balaban J connectivity index is 0.00000363. The molecule has 8 heteroatoms.